The number of nitrogens with zero attached hydrogens (tertiary/aromatic N) is 2. The fourth-order valence-corrected chi connectivity index (χ4v) is 1.28. The van der Waals surface area contributed by atoms with Crippen LogP contribution in [0, 0.1) is 0 Å². The summed E-state index contributed by atoms with van der Waals surface area (Å²) in [6.07, 6.45) is 3.11. The minimum atomic E-state index is -0.261. The second kappa shape index (κ2) is 5.04. The standard InChI is InChI=1S/C11H11N5O/c12-16-10-7-8(4-6-14-10)11(17)15-9-3-1-2-5-13-9/h1-7H,12H2,(H,14,16)(H,13,15,17). The largest absolute Gasteiger partial charge is 0.308 e. The number of carbonyl (C=O) groups is 1. The van der Waals surface area contributed by atoms with E-state index in [1.165, 1.54) is 6.20 Å². The van der Waals surface area contributed by atoms with Gasteiger partial charge >= 0.3 is 0 Å². The molecule has 0 aliphatic carbocycles. The van der Waals surface area contributed by atoms with Crippen molar-refractivity contribution in [3.05, 3.63) is 48.3 Å². The van der Waals surface area contributed by atoms with E-state index < -0.39 is 0 Å². The molecule has 2 heterocycles. The van der Waals surface area contributed by atoms with Crippen molar-refractivity contribution in [2.24, 2.45) is 5.84 Å². The van der Waals surface area contributed by atoms with Crippen LogP contribution >= 0.6 is 0 Å². The van der Waals surface area contributed by atoms with Crippen LogP contribution in [0.4, 0.5) is 11.6 Å². The van der Waals surface area contributed by atoms with Gasteiger partial charge in [0.1, 0.15) is 11.6 Å². The van der Waals surface area contributed by atoms with Crippen LogP contribution in [-0.2, 0) is 0 Å². The lowest BCUT2D eigenvalue weighted by Gasteiger charge is -2.05. The first-order valence-corrected chi connectivity index (χ1v) is 4.94. The van der Waals surface area contributed by atoms with Gasteiger partial charge in [-0.3, -0.25) is 4.79 Å². The van der Waals surface area contributed by atoms with Crippen molar-refractivity contribution in [3.8, 4) is 0 Å². The zero-order valence-corrected chi connectivity index (χ0v) is 8.92. The van der Waals surface area contributed by atoms with E-state index in [0.29, 0.717) is 17.2 Å². The van der Waals surface area contributed by atoms with E-state index in [2.05, 4.69) is 20.7 Å². The Kier molecular flexibility index (Phi) is 3.27. The third-order valence-electron chi connectivity index (χ3n) is 2.08. The van der Waals surface area contributed by atoms with Gasteiger partial charge in [0.05, 0.1) is 0 Å². The molecule has 0 spiro atoms. The van der Waals surface area contributed by atoms with E-state index in [9.17, 15) is 4.79 Å². The van der Waals surface area contributed by atoms with Crippen LogP contribution in [0.15, 0.2) is 42.7 Å². The van der Waals surface area contributed by atoms with Crippen LogP contribution in [0.5, 0.6) is 0 Å². The normalized spacial score (nSPS) is 9.71. The van der Waals surface area contributed by atoms with E-state index in [4.69, 9.17) is 5.84 Å². The smallest absolute Gasteiger partial charge is 0.257 e. The molecule has 0 unspecified atom stereocenters. The summed E-state index contributed by atoms with van der Waals surface area (Å²) in [7, 11) is 0. The van der Waals surface area contributed by atoms with Gasteiger partial charge in [0.2, 0.25) is 0 Å². The Balaban J connectivity index is 2.14. The van der Waals surface area contributed by atoms with Crippen molar-refractivity contribution >= 4 is 17.5 Å². The first kappa shape index (κ1) is 11.0. The average Bonchev–Trinajstić information content (AvgIpc) is 2.40. The predicted octanol–water partition coefficient (Wildman–Crippen LogP) is 1.01. The molecule has 0 saturated heterocycles. The molecule has 6 heteroatoms. The molecule has 0 aliphatic rings. The average molecular weight is 229 g/mol. The summed E-state index contributed by atoms with van der Waals surface area (Å²) in [5, 5.41) is 2.66. The molecule has 2 aromatic rings. The van der Waals surface area contributed by atoms with E-state index in [0.717, 1.165) is 0 Å². The summed E-state index contributed by atoms with van der Waals surface area (Å²) < 4.78 is 0. The van der Waals surface area contributed by atoms with E-state index in [-0.39, 0.29) is 5.91 Å². The van der Waals surface area contributed by atoms with Crippen molar-refractivity contribution in [1.29, 1.82) is 0 Å². The quantitative estimate of drug-likeness (QED) is 0.539. The fraction of sp³-hybridized carbons (Fsp3) is 0. The number of amides is 1. The Morgan fingerprint density at radius 2 is 1.94 bits per heavy atom. The molecular formula is C11H11N5O. The van der Waals surface area contributed by atoms with Crippen LogP contribution in [0.1, 0.15) is 10.4 Å². The molecule has 0 saturated carbocycles. The SMILES string of the molecule is NNc1cc(C(=O)Nc2ccccn2)ccn1. The van der Waals surface area contributed by atoms with Gasteiger partial charge in [0.25, 0.3) is 5.91 Å². The molecule has 2 rings (SSSR count). The highest BCUT2D eigenvalue weighted by Crippen LogP contribution is 2.08. The van der Waals surface area contributed by atoms with Gasteiger partial charge in [0, 0.05) is 18.0 Å². The molecule has 86 valence electrons. The number of anilines is 2. The topological polar surface area (TPSA) is 92.9 Å². The number of pyridine rings is 2. The molecule has 0 fully saturated rings. The van der Waals surface area contributed by atoms with Crippen molar-refractivity contribution in [2.75, 3.05) is 10.7 Å². The molecule has 1 amide bonds. The zero-order valence-electron chi connectivity index (χ0n) is 8.92. The number of hydrogen-bond donors (Lipinski definition) is 3. The summed E-state index contributed by atoms with van der Waals surface area (Å²) in [5.74, 6) is 5.88. The maximum atomic E-state index is 11.8. The number of hydrogen-bond acceptors (Lipinski definition) is 5. The van der Waals surface area contributed by atoms with Crippen LogP contribution < -0.4 is 16.6 Å². The molecule has 0 aromatic carbocycles. The first-order valence-electron chi connectivity index (χ1n) is 4.94. The second-order valence-electron chi connectivity index (χ2n) is 3.24. The molecular weight excluding hydrogens is 218 g/mol. The molecule has 17 heavy (non-hydrogen) atoms. The molecule has 6 nitrogen and oxygen atoms in total. The Hall–Kier alpha value is -2.47. The molecule has 0 atom stereocenters. The monoisotopic (exact) mass is 229 g/mol. The van der Waals surface area contributed by atoms with Gasteiger partial charge in [-0.2, -0.15) is 0 Å². The lowest BCUT2D eigenvalue weighted by molar-refractivity contribution is 0.102. The maximum absolute atomic E-state index is 11.8. The molecule has 0 aliphatic heterocycles. The molecule has 0 radical (unpaired) electrons. The van der Waals surface area contributed by atoms with Crippen LogP contribution in [0.2, 0.25) is 0 Å². The zero-order chi connectivity index (χ0) is 12.1. The van der Waals surface area contributed by atoms with Crippen molar-refractivity contribution in [2.45, 2.75) is 0 Å². The van der Waals surface area contributed by atoms with E-state index >= 15 is 0 Å². The van der Waals surface area contributed by atoms with E-state index in [1.807, 2.05) is 0 Å². The third kappa shape index (κ3) is 2.76. The lowest BCUT2D eigenvalue weighted by atomic mass is 10.2. The van der Waals surface area contributed by atoms with Crippen molar-refractivity contribution < 1.29 is 4.79 Å². The Labute approximate surface area is 97.9 Å². The van der Waals surface area contributed by atoms with Gasteiger partial charge in [-0.1, -0.05) is 6.07 Å². The van der Waals surface area contributed by atoms with Gasteiger partial charge in [-0.05, 0) is 24.3 Å². The fourth-order valence-electron chi connectivity index (χ4n) is 1.28. The second-order valence-corrected chi connectivity index (χ2v) is 3.24. The Bertz CT molecular complexity index is 514. The predicted molar refractivity (Wildman–Crippen MR) is 64.2 cm³/mol. The highest BCUT2D eigenvalue weighted by molar-refractivity contribution is 6.04. The number of aromatic nitrogens is 2. The van der Waals surface area contributed by atoms with Crippen molar-refractivity contribution in [3.63, 3.8) is 0 Å². The van der Waals surface area contributed by atoms with E-state index in [1.54, 1.807) is 36.5 Å². The number of hydrazine groups is 1. The number of nitrogens with two attached hydrogens (primary N) is 1. The maximum Gasteiger partial charge on any atom is 0.257 e. The van der Waals surface area contributed by atoms with Crippen LogP contribution in [0.25, 0.3) is 0 Å². The summed E-state index contributed by atoms with van der Waals surface area (Å²) in [6.45, 7) is 0. The number of nitrogen functional groups attached to an aromatic ring is 1. The van der Waals surface area contributed by atoms with Gasteiger partial charge in [0.15, 0.2) is 0 Å². The highest BCUT2D eigenvalue weighted by atomic mass is 16.1. The summed E-state index contributed by atoms with van der Waals surface area (Å²) >= 11 is 0. The number of carbonyl (C=O) groups excluding carboxylic acids is 1. The summed E-state index contributed by atoms with van der Waals surface area (Å²) in [5.41, 5.74) is 2.84. The number of nitrogens with one attached hydrogen (secondary N) is 2. The molecule has 0 bridgehead atoms. The minimum Gasteiger partial charge on any atom is -0.308 e. The van der Waals surface area contributed by atoms with Crippen LogP contribution in [0.3, 0.4) is 0 Å². The van der Waals surface area contributed by atoms with Gasteiger partial charge in [-0.15, -0.1) is 0 Å². The summed E-state index contributed by atoms with van der Waals surface area (Å²) in [6, 6.07) is 8.43. The third-order valence-corrected chi connectivity index (χ3v) is 2.08. The Morgan fingerprint density at radius 1 is 1.12 bits per heavy atom. The Morgan fingerprint density at radius 3 is 2.65 bits per heavy atom. The lowest BCUT2D eigenvalue weighted by Crippen LogP contribution is -2.14. The van der Waals surface area contributed by atoms with Crippen LogP contribution in [-0.4, -0.2) is 15.9 Å². The summed E-state index contributed by atoms with van der Waals surface area (Å²) in [4.78, 5) is 19.7. The van der Waals surface area contributed by atoms with Crippen molar-refractivity contribution in [1.82, 2.24) is 9.97 Å². The van der Waals surface area contributed by atoms with Gasteiger partial charge < -0.3 is 10.7 Å². The minimum absolute atomic E-state index is 0.261. The van der Waals surface area contributed by atoms with Gasteiger partial charge in [-0.25, -0.2) is 15.8 Å². The molecule has 4 N–H and O–H groups in total. The number of rotatable bonds is 3. The highest BCUT2D eigenvalue weighted by Gasteiger charge is 2.07. The first-order chi connectivity index (χ1) is 8.29. The molecule has 2 aromatic heterocycles.